The van der Waals surface area contributed by atoms with Crippen molar-refractivity contribution in [2.24, 2.45) is 0 Å². The molecule has 0 spiro atoms. The first kappa shape index (κ1) is 8.96. The SMILES string of the molecule is Cc1cscc1-c1cc(C(=O)O)[nH]n1. The highest BCUT2D eigenvalue weighted by molar-refractivity contribution is 7.08. The molecule has 2 heterocycles. The molecule has 0 saturated carbocycles. The molecule has 0 saturated heterocycles. The summed E-state index contributed by atoms with van der Waals surface area (Å²) < 4.78 is 0. The van der Waals surface area contributed by atoms with Gasteiger partial charge in [-0.25, -0.2) is 4.79 Å². The van der Waals surface area contributed by atoms with E-state index in [4.69, 9.17) is 5.11 Å². The van der Waals surface area contributed by atoms with Gasteiger partial charge in [0, 0.05) is 10.9 Å². The maximum absolute atomic E-state index is 10.6. The van der Waals surface area contributed by atoms with Crippen molar-refractivity contribution >= 4 is 17.3 Å². The second kappa shape index (κ2) is 3.26. The van der Waals surface area contributed by atoms with E-state index in [2.05, 4.69) is 10.2 Å². The Morgan fingerprint density at radius 2 is 2.36 bits per heavy atom. The zero-order valence-corrected chi connectivity index (χ0v) is 8.26. The van der Waals surface area contributed by atoms with Gasteiger partial charge in [0.15, 0.2) is 0 Å². The Kier molecular flexibility index (Phi) is 2.09. The Bertz CT molecular complexity index is 473. The molecule has 0 aromatic carbocycles. The molecule has 0 unspecified atom stereocenters. The maximum atomic E-state index is 10.6. The molecule has 0 atom stereocenters. The van der Waals surface area contributed by atoms with Crippen LogP contribution in [-0.2, 0) is 0 Å². The van der Waals surface area contributed by atoms with Crippen molar-refractivity contribution in [3.63, 3.8) is 0 Å². The number of carboxylic acid groups (broad SMARTS) is 1. The minimum Gasteiger partial charge on any atom is -0.477 e. The van der Waals surface area contributed by atoms with Crippen LogP contribution < -0.4 is 0 Å². The number of aromatic nitrogens is 2. The van der Waals surface area contributed by atoms with Crippen molar-refractivity contribution in [3.05, 3.63) is 28.1 Å². The lowest BCUT2D eigenvalue weighted by Gasteiger charge is -1.90. The number of aromatic amines is 1. The molecule has 14 heavy (non-hydrogen) atoms. The number of aromatic carboxylic acids is 1. The number of hydrogen-bond donors (Lipinski definition) is 2. The van der Waals surface area contributed by atoms with E-state index in [-0.39, 0.29) is 5.69 Å². The highest BCUT2D eigenvalue weighted by Gasteiger charge is 2.10. The van der Waals surface area contributed by atoms with Gasteiger partial charge in [-0.3, -0.25) is 5.10 Å². The van der Waals surface area contributed by atoms with Gasteiger partial charge in [0.1, 0.15) is 5.69 Å². The highest BCUT2D eigenvalue weighted by Crippen LogP contribution is 2.25. The van der Waals surface area contributed by atoms with Crippen LogP contribution in [0.2, 0.25) is 0 Å². The summed E-state index contributed by atoms with van der Waals surface area (Å²) in [6, 6.07) is 1.54. The molecule has 0 aliphatic rings. The van der Waals surface area contributed by atoms with Crippen LogP contribution in [0.4, 0.5) is 0 Å². The lowest BCUT2D eigenvalue weighted by molar-refractivity contribution is 0.0690. The molecule has 2 aromatic heterocycles. The van der Waals surface area contributed by atoms with Gasteiger partial charge in [-0.2, -0.15) is 16.4 Å². The molecule has 2 aromatic rings. The Morgan fingerprint density at radius 1 is 1.57 bits per heavy atom. The number of rotatable bonds is 2. The number of carboxylic acids is 1. The summed E-state index contributed by atoms with van der Waals surface area (Å²) in [5, 5.41) is 19.1. The van der Waals surface area contributed by atoms with Crippen molar-refractivity contribution in [1.29, 1.82) is 0 Å². The van der Waals surface area contributed by atoms with Gasteiger partial charge in [-0.1, -0.05) is 0 Å². The summed E-state index contributed by atoms with van der Waals surface area (Å²) in [5.74, 6) is -0.989. The third-order valence-corrected chi connectivity index (χ3v) is 2.80. The molecule has 2 N–H and O–H groups in total. The van der Waals surface area contributed by atoms with E-state index in [1.165, 1.54) is 6.07 Å². The average Bonchev–Trinajstić information content (AvgIpc) is 2.71. The fourth-order valence-electron chi connectivity index (χ4n) is 1.19. The van der Waals surface area contributed by atoms with Crippen LogP contribution >= 0.6 is 11.3 Å². The van der Waals surface area contributed by atoms with Gasteiger partial charge in [-0.05, 0) is 23.9 Å². The monoisotopic (exact) mass is 208 g/mol. The topological polar surface area (TPSA) is 66.0 Å². The molecule has 5 heteroatoms. The standard InChI is InChI=1S/C9H8N2O2S/c1-5-3-14-4-6(5)7-2-8(9(12)13)11-10-7/h2-4H,1H3,(H,10,11)(H,12,13). The van der Waals surface area contributed by atoms with Crippen LogP contribution in [0.3, 0.4) is 0 Å². The van der Waals surface area contributed by atoms with E-state index in [1.807, 2.05) is 17.7 Å². The Morgan fingerprint density at radius 3 is 2.86 bits per heavy atom. The van der Waals surface area contributed by atoms with Crippen LogP contribution in [0.25, 0.3) is 11.3 Å². The first-order valence-corrected chi connectivity index (χ1v) is 4.94. The Labute approximate surface area is 84.2 Å². The average molecular weight is 208 g/mol. The summed E-state index contributed by atoms with van der Waals surface area (Å²) in [5.41, 5.74) is 2.89. The summed E-state index contributed by atoms with van der Waals surface area (Å²) in [6.07, 6.45) is 0. The first-order chi connectivity index (χ1) is 6.68. The number of carbonyl (C=O) groups is 1. The molecule has 4 nitrogen and oxygen atoms in total. The third kappa shape index (κ3) is 1.42. The minimum atomic E-state index is -0.989. The van der Waals surface area contributed by atoms with Gasteiger partial charge in [0.25, 0.3) is 0 Å². The van der Waals surface area contributed by atoms with E-state index < -0.39 is 5.97 Å². The molecular formula is C9H8N2O2S. The third-order valence-electron chi connectivity index (χ3n) is 1.94. The molecule has 0 fully saturated rings. The van der Waals surface area contributed by atoms with Gasteiger partial charge < -0.3 is 5.11 Å². The van der Waals surface area contributed by atoms with Crippen LogP contribution in [0.15, 0.2) is 16.8 Å². The highest BCUT2D eigenvalue weighted by atomic mass is 32.1. The van der Waals surface area contributed by atoms with Crippen LogP contribution in [0, 0.1) is 6.92 Å². The molecule has 0 bridgehead atoms. The number of H-pyrrole nitrogens is 1. The first-order valence-electron chi connectivity index (χ1n) is 4.00. The zero-order chi connectivity index (χ0) is 10.1. The van der Waals surface area contributed by atoms with Gasteiger partial charge in [0.05, 0.1) is 5.69 Å². The van der Waals surface area contributed by atoms with Gasteiger partial charge in [-0.15, -0.1) is 0 Å². The molecule has 72 valence electrons. The number of nitrogens with one attached hydrogen (secondary N) is 1. The summed E-state index contributed by atoms with van der Waals surface area (Å²) >= 11 is 1.58. The van der Waals surface area contributed by atoms with Crippen molar-refractivity contribution < 1.29 is 9.90 Å². The molecule has 0 amide bonds. The fraction of sp³-hybridized carbons (Fsp3) is 0.111. The number of hydrogen-bond acceptors (Lipinski definition) is 3. The number of aryl methyl sites for hydroxylation is 1. The smallest absolute Gasteiger partial charge is 0.353 e. The van der Waals surface area contributed by atoms with Crippen molar-refractivity contribution in [1.82, 2.24) is 10.2 Å². The Hall–Kier alpha value is -1.62. The van der Waals surface area contributed by atoms with Crippen molar-refractivity contribution in [2.75, 3.05) is 0 Å². The van der Waals surface area contributed by atoms with Gasteiger partial charge in [0.2, 0.25) is 0 Å². The normalized spacial score (nSPS) is 10.4. The largest absolute Gasteiger partial charge is 0.477 e. The quantitative estimate of drug-likeness (QED) is 0.794. The molecule has 0 aliphatic carbocycles. The van der Waals surface area contributed by atoms with Crippen LogP contribution in [0.5, 0.6) is 0 Å². The van der Waals surface area contributed by atoms with Crippen molar-refractivity contribution in [2.45, 2.75) is 6.92 Å². The summed E-state index contributed by atoms with van der Waals surface area (Å²) in [7, 11) is 0. The van der Waals surface area contributed by atoms with Crippen LogP contribution in [0.1, 0.15) is 16.1 Å². The zero-order valence-electron chi connectivity index (χ0n) is 7.44. The minimum absolute atomic E-state index is 0.116. The van der Waals surface area contributed by atoms with E-state index in [1.54, 1.807) is 11.3 Å². The lowest BCUT2D eigenvalue weighted by atomic mass is 10.1. The molecule has 2 rings (SSSR count). The predicted octanol–water partition coefficient (Wildman–Crippen LogP) is 2.14. The fourth-order valence-corrected chi connectivity index (χ4v) is 2.03. The molecular weight excluding hydrogens is 200 g/mol. The number of nitrogens with zero attached hydrogens (tertiary/aromatic N) is 1. The van der Waals surface area contributed by atoms with E-state index in [0.29, 0.717) is 5.69 Å². The van der Waals surface area contributed by atoms with E-state index in [0.717, 1.165) is 11.1 Å². The van der Waals surface area contributed by atoms with E-state index >= 15 is 0 Å². The summed E-state index contributed by atoms with van der Waals surface area (Å²) in [6.45, 7) is 1.97. The Balaban J connectivity index is 2.43. The van der Waals surface area contributed by atoms with Gasteiger partial charge >= 0.3 is 5.97 Å². The molecule has 0 radical (unpaired) electrons. The van der Waals surface area contributed by atoms with Crippen molar-refractivity contribution in [3.8, 4) is 11.3 Å². The second-order valence-electron chi connectivity index (χ2n) is 2.94. The second-order valence-corrected chi connectivity index (χ2v) is 3.68. The lowest BCUT2D eigenvalue weighted by Crippen LogP contribution is -1.95. The number of thiophene rings is 1. The molecule has 0 aliphatic heterocycles. The summed E-state index contributed by atoms with van der Waals surface area (Å²) in [4.78, 5) is 10.6. The maximum Gasteiger partial charge on any atom is 0.353 e. The van der Waals surface area contributed by atoms with E-state index in [9.17, 15) is 4.79 Å². The predicted molar refractivity (Wildman–Crippen MR) is 53.6 cm³/mol. The van der Waals surface area contributed by atoms with Crippen LogP contribution in [-0.4, -0.2) is 21.3 Å².